The lowest BCUT2D eigenvalue weighted by molar-refractivity contribution is -0.132. The van der Waals surface area contributed by atoms with Gasteiger partial charge in [0, 0.05) is 16.6 Å². The molecule has 2 aromatic carbocycles. The van der Waals surface area contributed by atoms with Crippen molar-refractivity contribution in [1.29, 1.82) is 0 Å². The molecular formula is C19H20Cl2N2O2. The van der Waals surface area contributed by atoms with Crippen LogP contribution in [-0.4, -0.2) is 24.7 Å². The number of hydrogen-bond donors (Lipinski definition) is 2. The Morgan fingerprint density at radius 1 is 1.16 bits per heavy atom. The molecule has 25 heavy (non-hydrogen) atoms. The van der Waals surface area contributed by atoms with Crippen molar-refractivity contribution in [2.24, 2.45) is 5.73 Å². The molecule has 0 aromatic heterocycles. The first-order valence-corrected chi connectivity index (χ1v) is 9.00. The van der Waals surface area contributed by atoms with Crippen LogP contribution in [-0.2, 0) is 9.53 Å². The molecular weight excluding hydrogens is 359 g/mol. The summed E-state index contributed by atoms with van der Waals surface area (Å²) in [7, 11) is 0. The number of halogens is 2. The molecule has 3 rings (SSSR count). The van der Waals surface area contributed by atoms with Gasteiger partial charge in [-0.3, -0.25) is 4.79 Å². The minimum atomic E-state index is -0.481. The molecule has 1 amide bonds. The maximum atomic E-state index is 12.7. The Bertz CT molecular complexity index is 736. The van der Waals surface area contributed by atoms with E-state index in [0.717, 1.165) is 17.5 Å². The Kier molecular flexibility index (Phi) is 5.97. The maximum Gasteiger partial charge on any atom is 0.249 e. The third-order valence-corrected chi connectivity index (χ3v) is 4.97. The summed E-state index contributed by atoms with van der Waals surface area (Å²) in [6.07, 6.45) is 0.937. The molecule has 1 saturated heterocycles. The van der Waals surface area contributed by atoms with Crippen molar-refractivity contribution in [2.45, 2.75) is 31.1 Å². The summed E-state index contributed by atoms with van der Waals surface area (Å²) < 4.78 is 5.70. The van der Waals surface area contributed by atoms with Gasteiger partial charge in [0.1, 0.15) is 6.10 Å². The van der Waals surface area contributed by atoms with E-state index in [2.05, 4.69) is 5.32 Å². The van der Waals surface area contributed by atoms with E-state index in [1.807, 2.05) is 36.4 Å². The second kappa shape index (κ2) is 8.19. The fourth-order valence-corrected chi connectivity index (χ4v) is 3.38. The van der Waals surface area contributed by atoms with Gasteiger partial charge in [0.15, 0.2) is 0 Å². The summed E-state index contributed by atoms with van der Waals surface area (Å²) in [4.78, 5) is 12.7. The van der Waals surface area contributed by atoms with Crippen LogP contribution in [0.3, 0.4) is 0 Å². The van der Waals surface area contributed by atoms with Crippen molar-refractivity contribution in [1.82, 2.24) is 5.32 Å². The van der Waals surface area contributed by atoms with Gasteiger partial charge in [-0.1, -0.05) is 53.5 Å². The molecule has 0 aliphatic carbocycles. The highest BCUT2D eigenvalue weighted by Crippen LogP contribution is 2.30. The van der Waals surface area contributed by atoms with Crippen LogP contribution in [0.5, 0.6) is 0 Å². The molecule has 4 nitrogen and oxygen atoms in total. The fraction of sp³-hybridized carbons (Fsp3) is 0.316. The van der Waals surface area contributed by atoms with Crippen LogP contribution in [0.15, 0.2) is 48.5 Å². The summed E-state index contributed by atoms with van der Waals surface area (Å²) in [6, 6.07) is 14.4. The molecule has 0 spiro atoms. The Hall–Kier alpha value is -1.59. The number of hydrogen-bond acceptors (Lipinski definition) is 3. The highest BCUT2D eigenvalue weighted by Gasteiger charge is 2.31. The number of ether oxygens (including phenoxy) is 1. The molecule has 1 aliphatic heterocycles. The molecule has 0 saturated carbocycles. The maximum absolute atomic E-state index is 12.7. The van der Waals surface area contributed by atoms with Crippen molar-refractivity contribution >= 4 is 29.1 Å². The summed E-state index contributed by atoms with van der Waals surface area (Å²) in [6.45, 7) is 0.426. The van der Waals surface area contributed by atoms with Crippen LogP contribution >= 0.6 is 23.2 Å². The minimum absolute atomic E-state index is 0.0509. The molecule has 2 aromatic rings. The number of amides is 1. The highest BCUT2D eigenvalue weighted by molar-refractivity contribution is 6.31. The van der Waals surface area contributed by atoms with Crippen molar-refractivity contribution in [3.63, 3.8) is 0 Å². The van der Waals surface area contributed by atoms with Crippen LogP contribution in [0, 0.1) is 0 Å². The number of rotatable bonds is 5. The molecule has 1 unspecified atom stereocenters. The van der Waals surface area contributed by atoms with E-state index in [1.165, 1.54) is 0 Å². The number of benzene rings is 2. The van der Waals surface area contributed by atoms with Crippen molar-refractivity contribution in [3.05, 3.63) is 69.7 Å². The highest BCUT2D eigenvalue weighted by atomic mass is 35.5. The number of carbonyl (C=O) groups is 1. The quantitative estimate of drug-likeness (QED) is 0.833. The lowest BCUT2D eigenvalue weighted by Crippen LogP contribution is -2.38. The van der Waals surface area contributed by atoms with Crippen LogP contribution < -0.4 is 11.1 Å². The zero-order chi connectivity index (χ0) is 17.8. The smallest absolute Gasteiger partial charge is 0.249 e. The monoisotopic (exact) mass is 378 g/mol. The van der Waals surface area contributed by atoms with E-state index in [4.69, 9.17) is 33.7 Å². The zero-order valence-electron chi connectivity index (χ0n) is 13.6. The van der Waals surface area contributed by atoms with E-state index in [1.54, 1.807) is 12.1 Å². The first-order chi connectivity index (χ1) is 12.1. The zero-order valence-corrected chi connectivity index (χ0v) is 15.1. The van der Waals surface area contributed by atoms with Gasteiger partial charge in [-0.05, 0) is 42.2 Å². The van der Waals surface area contributed by atoms with Gasteiger partial charge in [0.2, 0.25) is 5.91 Å². The summed E-state index contributed by atoms with van der Waals surface area (Å²) in [5.74, 6) is -0.157. The standard InChI is InChI=1S/C19H20Cl2N2O2/c20-13-7-5-12(6-8-13)18(15-3-1-2-4-16(15)21)23-19(24)17-10-9-14(11-22)25-17/h1-8,14,17-18H,9-11,22H2,(H,23,24)/t14-,17+,18?/m1/s1. The molecule has 1 aliphatic rings. The second-order valence-corrected chi connectivity index (χ2v) is 6.92. The van der Waals surface area contributed by atoms with E-state index < -0.39 is 6.10 Å². The topological polar surface area (TPSA) is 64.4 Å². The lowest BCUT2D eigenvalue weighted by Gasteiger charge is -2.23. The third-order valence-electron chi connectivity index (χ3n) is 4.37. The van der Waals surface area contributed by atoms with Gasteiger partial charge in [-0.25, -0.2) is 0 Å². The summed E-state index contributed by atoms with van der Waals surface area (Å²) >= 11 is 12.4. The van der Waals surface area contributed by atoms with Gasteiger partial charge >= 0.3 is 0 Å². The fourth-order valence-electron chi connectivity index (χ4n) is 3.01. The van der Waals surface area contributed by atoms with Gasteiger partial charge in [-0.2, -0.15) is 0 Å². The molecule has 132 valence electrons. The van der Waals surface area contributed by atoms with Crippen LogP contribution in [0.4, 0.5) is 0 Å². The Balaban J connectivity index is 1.85. The molecule has 1 fully saturated rings. The first kappa shape index (κ1) is 18.2. The van der Waals surface area contributed by atoms with Gasteiger partial charge in [-0.15, -0.1) is 0 Å². The molecule has 3 N–H and O–H groups in total. The molecule has 3 atom stereocenters. The largest absolute Gasteiger partial charge is 0.364 e. The number of nitrogens with one attached hydrogen (secondary N) is 1. The second-order valence-electron chi connectivity index (χ2n) is 6.07. The third kappa shape index (κ3) is 4.33. The van der Waals surface area contributed by atoms with E-state index in [-0.39, 0.29) is 18.1 Å². The molecule has 6 heteroatoms. The molecule has 0 radical (unpaired) electrons. The SMILES string of the molecule is NC[C@H]1CC[C@@H](C(=O)NC(c2ccc(Cl)cc2)c2ccccc2Cl)O1. The first-order valence-electron chi connectivity index (χ1n) is 8.24. The summed E-state index contributed by atoms with van der Waals surface area (Å²) in [5, 5.41) is 4.29. The average Bonchev–Trinajstić information content (AvgIpc) is 3.10. The normalized spacial score (nSPS) is 21.1. The Morgan fingerprint density at radius 3 is 2.52 bits per heavy atom. The van der Waals surface area contributed by atoms with E-state index >= 15 is 0 Å². The predicted molar refractivity (Wildman–Crippen MR) is 99.8 cm³/mol. The van der Waals surface area contributed by atoms with Crippen LogP contribution in [0.2, 0.25) is 10.0 Å². The number of carbonyl (C=O) groups excluding carboxylic acids is 1. The summed E-state index contributed by atoms with van der Waals surface area (Å²) in [5.41, 5.74) is 7.36. The molecule has 0 bridgehead atoms. The predicted octanol–water partition coefficient (Wildman–Crippen LogP) is 3.71. The van der Waals surface area contributed by atoms with Crippen molar-refractivity contribution in [3.8, 4) is 0 Å². The Morgan fingerprint density at radius 2 is 1.88 bits per heavy atom. The van der Waals surface area contributed by atoms with E-state index in [0.29, 0.717) is 23.0 Å². The van der Waals surface area contributed by atoms with Gasteiger partial charge in [0.25, 0.3) is 0 Å². The molecule has 1 heterocycles. The van der Waals surface area contributed by atoms with Crippen LogP contribution in [0.1, 0.15) is 30.0 Å². The van der Waals surface area contributed by atoms with Crippen molar-refractivity contribution < 1.29 is 9.53 Å². The number of nitrogens with two attached hydrogens (primary N) is 1. The van der Waals surface area contributed by atoms with E-state index in [9.17, 15) is 4.79 Å². The average molecular weight is 379 g/mol. The lowest BCUT2D eigenvalue weighted by atomic mass is 9.98. The van der Waals surface area contributed by atoms with Crippen molar-refractivity contribution in [2.75, 3.05) is 6.54 Å². The Labute approximate surface area is 157 Å². The van der Waals surface area contributed by atoms with Gasteiger partial charge < -0.3 is 15.8 Å². The van der Waals surface area contributed by atoms with Gasteiger partial charge in [0.05, 0.1) is 12.1 Å². The van der Waals surface area contributed by atoms with Crippen LogP contribution in [0.25, 0.3) is 0 Å². The minimum Gasteiger partial charge on any atom is -0.364 e.